The molecule has 1 atom stereocenters. The maximum Gasteiger partial charge on any atom is 0.306 e. The van der Waals surface area contributed by atoms with Crippen LogP contribution in [0.25, 0.3) is 0 Å². The Morgan fingerprint density at radius 3 is 0.968 bits per heavy atom. The molecule has 0 saturated carbocycles. The first kappa shape index (κ1) is 58.0. The number of carbonyl (C=O) groups excluding carboxylic acids is 2. The fourth-order valence-electron chi connectivity index (χ4n) is 6.29. The first-order valence-corrected chi connectivity index (χ1v) is 24.7. The molecule has 0 fully saturated rings. The summed E-state index contributed by atoms with van der Waals surface area (Å²) in [7, 11) is 0. The van der Waals surface area contributed by atoms with E-state index in [-0.39, 0.29) is 25.2 Å². The van der Waals surface area contributed by atoms with Crippen LogP contribution in [0.15, 0.2) is 134 Å². The van der Waals surface area contributed by atoms with E-state index in [2.05, 4.69) is 148 Å². The second kappa shape index (κ2) is 51.4. The van der Waals surface area contributed by atoms with Crippen molar-refractivity contribution in [1.82, 2.24) is 0 Å². The topological polar surface area (TPSA) is 72.8 Å². The molecule has 0 rings (SSSR count). The average molecular weight is 855 g/mol. The largest absolute Gasteiger partial charge is 0.462 e. The third-order valence-electron chi connectivity index (χ3n) is 9.94. The molecule has 1 unspecified atom stereocenters. The minimum Gasteiger partial charge on any atom is -0.462 e. The van der Waals surface area contributed by atoms with Crippen LogP contribution < -0.4 is 0 Å². The molecule has 0 radical (unpaired) electrons. The fraction of sp³-hybridized carbons (Fsp3) is 0.579. The Hall–Kier alpha value is -3.96. The number of aliphatic hydroxyl groups is 1. The van der Waals surface area contributed by atoms with E-state index < -0.39 is 6.10 Å². The molecule has 348 valence electrons. The second-order valence-corrected chi connectivity index (χ2v) is 15.8. The minimum atomic E-state index is -0.795. The summed E-state index contributed by atoms with van der Waals surface area (Å²) < 4.78 is 10.6. The van der Waals surface area contributed by atoms with Crippen LogP contribution in [0.1, 0.15) is 194 Å². The monoisotopic (exact) mass is 855 g/mol. The van der Waals surface area contributed by atoms with Crippen molar-refractivity contribution in [2.75, 3.05) is 13.2 Å². The summed E-state index contributed by atoms with van der Waals surface area (Å²) in [6.07, 6.45) is 76.7. The molecule has 0 saturated heterocycles. The number of hydrogen-bond acceptors (Lipinski definition) is 5. The van der Waals surface area contributed by atoms with Crippen molar-refractivity contribution in [2.24, 2.45) is 0 Å². The van der Waals surface area contributed by atoms with Gasteiger partial charge in [0.15, 0.2) is 6.10 Å². The molecule has 0 aliphatic rings. The summed E-state index contributed by atoms with van der Waals surface area (Å²) in [5.41, 5.74) is 0. The summed E-state index contributed by atoms with van der Waals surface area (Å²) in [5.74, 6) is -0.631. The van der Waals surface area contributed by atoms with Gasteiger partial charge in [0.1, 0.15) is 6.61 Å². The standard InChI is InChI=1S/C57H90O5/c1-3-5-7-9-11-13-15-17-19-21-23-24-25-26-27-28-29-30-31-32-34-36-38-40-42-44-46-48-50-52-57(60)62-55(53-58)54-61-56(59)51-49-47-45-43-41-39-37-35-33-22-20-18-16-14-12-10-8-6-4-2/h5-8,11-14,17-20,23-24,26-27,29-30,32-35,55,58H,3-4,9-10,15-16,21-22,25,28,31,36-54H2,1-2H3/b7-5-,8-6-,13-11-,14-12-,19-17-,20-18-,24-23-,27-26-,30-29-,34-32-,35-33-. The number of esters is 2. The number of unbranched alkanes of at least 4 members (excludes halogenated alkanes) is 13. The highest BCUT2D eigenvalue weighted by molar-refractivity contribution is 5.70. The molecule has 5 heteroatoms. The van der Waals surface area contributed by atoms with Gasteiger partial charge >= 0.3 is 11.9 Å². The first-order chi connectivity index (χ1) is 30.6. The fourth-order valence-corrected chi connectivity index (χ4v) is 6.29. The summed E-state index contributed by atoms with van der Waals surface area (Å²) >= 11 is 0. The van der Waals surface area contributed by atoms with Gasteiger partial charge in [0.25, 0.3) is 0 Å². The molecule has 0 heterocycles. The molecule has 0 aromatic rings. The molecular weight excluding hydrogens is 765 g/mol. The van der Waals surface area contributed by atoms with Crippen LogP contribution >= 0.6 is 0 Å². The average Bonchev–Trinajstić information content (AvgIpc) is 3.28. The second-order valence-electron chi connectivity index (χ2n) is 15.8. The van der Waals surface area contributed by atoms with Gasteiger partial charge < -0.3 is 14.6 Å². The third-order valence-corrected chi connectivity index (χ3v) is 9.94. The zero-order valence-electron chi connectivity index (χ0n) is 39.6. The zero-order chi connectivity index (χ0) is 44.9. The van der Waals surface area contributed by atoms with Crippen LogP contribution in [0.5, 0.6) is 0 Å². The van der Waals surface area contributed by atoms with Crippen LogP contribution in [0, 0.1) is 0 Å². The lowest BCUT2D eigenvalue weighted by atomic mass is 10.1. The van der Waals surface area contributed by atoms with Gasteiger partial charge in [-0.3, -0.25) is 9.59 Å². The molecule has 0 aromatic heterocycles. The summed E-state index contributed by atoms with van der Waals surface area (Å²) in [5, 5.41) is 9.62. The number of hydrogen-bond donors (Lipinski definition) is 1. The van der Waals surface area contributed by atoms with Crippen molar-refractivity contribution >= 4 is 11.9 Å². The third kappa shape index (κ3) is 48.7. The van der Waals surface area contributed by atoms with Crippen molar-refractivity contribution in [3.05, 3.63) is 134 Å². The van der Waals surface area contributed by atoms with Gasteiger partial charge in [0.05, 0.1) is 6.61 Å². The van der Waals surface area contributed by atoms with E-state index in [9.17, 15) is 14.7 Å². The van der Waals surface area contributed by atoms with E-state index in [0.29, 0.717) is 12.8 Å². The van der Waals surface area contributed by atoms with Crippen molar-refractivity contribution in [2.45, 2.75) is 200 Å². The summed E-state index contributed by atoms with van der Waals surface area (Å²) in [6.45, 7) is 3.88. The Labute approximate surface area is 381 Å². The molecular formula is C57H90O5. The van der Waals surface area contributed by atoms with Crippen molar-refractivity contribution < 1.29 is 24.2 Å². The van der Waals surface area contributed by atoms with E-state index in [1.54, 1.807) is 0 Å². The number of carbonyl (C=O) groups is 2. The van der Waals surface area contributed by atoms with Gasteiger partial charge in [-0.15, -0.1) is 0 Å². The Kier molecular flexibility index (Phi) is 48.1. The molecule has 0 aliphatic carbocycles. The predicted molar refractivity (Wildman–Crippen MR) is 269 cm³/mol. The Morgan fingerprint density at radius 1 is 0.371 bits per heavy atom. The smallest absolute Gasteiger partial charge is 0.306 e. The first-order valence-electron chi connectivity index (χ1n) is 24.7. The molecule has 1 N–H and O–H groups in total. The SMILES string of the molecule is CC/C=C\C/C=C\C/C=C\C/C=C\C/C=C\C/C=C\C/C=C\CCCCCCCCCC(=O)OC(CO)COC(=O)CCCCCCCC/C=C\C/C=C\C/C=C\C/C=C\CC. The van der Waals surface area contributed by atoms with E-state index in [1.165, 1.54) is 44.9 Å². The number of aliphatic hydroxyl groups excluding tert-OH is 1. The van der Waals surface area contributed by atoms with Gasteiger partial charge in [0.2, 0.25) is 0 Å². The normalized spacial score (nSPS) is 13.4. The Bertz CT molecular complexity index is 1330. The Balaban J connectivity index is 3.64. The van der Waals surface area contributed by atoms with Gasteiger partial charge in [-0.2, -0.15) is 0 Å². The minimum absolute atomic E-state index is 0.0872. The van der Waals surface area contributed by atoms with Crippen LogP contribution in [0.4, 0.5) is 0 Å². The molecule has 0 amide bonds. The van der Waals surface area contributed by atoms with E-state index >= 15 is 0 Å². The lowest BCUT2D eigenvalue weighted by molar-refractivity contribution is -0.161. The zero-order valence-corrected chi connectivity index (χ0v) is 39.6. The lowest BCUT2D eigenvalue weighted by Crippen LogP contribution is -2.28. The van der Waals surface area contributed by atoms with Crippen LogP contribution in [0.2, 0.25) is 0 Å². The van der Waals surface area contributed by atoms with E-state index in [1.807, 2.05) is 0 Å². The maximum absolute atomic E-state index is 12.3. The van der Waals surface area contributed by atoms with Gasteiger partial charge in [-0.25, -0.2) is 0 Å². The predicted octanol–water partition coefficient (Wildman–Crippen LogP) is 16.5. The van der Waals surface area contributed by atoms with E-state index in [0.717, 1.165) is 122 Å². The van der Waals surface area contributed by atoms with Crippen LogP contribution in [-0.2, 0) is 19.1 Å². The van der Waals surface area contributed by atoms with E-state index in [4.69, 9.17) is 9.47 Å². The van der Waals surface area contributed by atoms with Gasteiger partial charge in [-0.05, 0) is 109 Å². The van der Waals surface area contributed by atoms with Crippen molar-refractivity contribution in [1.29, 1.82) is 0 Å². The van der Waals surface area contributed by atoms with Gasteiger partial charge in [0, 0.05) is 12.8 Å². The molecule has 0 aliphatic heterocycles. The number of ether oxygens (including phenoxy) is 2. The van der Waals surface area contributed by atoms with Gasteiger partial charge in [-0.1, -0.05) is 205 Å². The lowest BCUT2D eigenvalue weighted by Gasteiger charge is -2.15. The Morgan fingerprint density at radius 2 is 0.645 bits per heavy atom. The van der Waals surface area contributed by atoms with Crippen molar-refractivity contribution in [3.63, 3.8) is 0 Å². The van der Waals surface area contributed by atoms with Crippen LogP contribution in [-0.4, -0.2) is 36.4 Å². The molecule has 0 aromatic carbocycles. The highest BCUT2D eigenvalue weighted by atomic mass is 16.6. The number of rotatable bonds is 43. The highest BCUT2D eigenvalue weighted by Gasteiger charge is 2.16. The molecule has 5 nitrogen and oxygen atoms in total. The quantitative estimate of drug-likeness (QED) is 0.0376. The van der Waals surface area contributed by atoms with Crippen molar-refractivity contribution in [3.8, 4) is 0 Å². The molecule has 0 spiro atoms. The maximum atomic E-state index is 12.3. The summed E-state index contributed by atoms with van der Waals surface area (Å²) in [4.78, 5) is 24.4. The van der Waals surface area contributed by atoms with Crippen LogP contribution in [0.3, 0.4) is 0 Å². The molecule has 0 bridgehead atoms. The summed E-state index contributed by atoms with van der Waals surface area (Å²) in [6, 6.07) is 0. The number of allylic oxidation sites excluding steroid dienone is 22. The highest BCUT2D eigenvalue weighted by Crippen LogP contribution is 2.13. The molecule has 62 heavy (non-hydrogen) atoms.